The number of carbonyl (C=O) groups excluding carboxylic acids is 1. The van der Waals surface area contributed by atoms with Gasteiger partial charge in [-0.3, -0.25) is 14.0 Å². The van der Waals surface area contributed by atoms with Crippen LogP contribution < -0.4 is 11.0 Å². The molecule has 1 aromatic carbocycles. The van der Waals surface area contributed by atoms with Crippen LogP contribution in [-0.2, 0) is 17.9 Å². The number of aromatic nitrogens is 4. The van der Waals surface area contributed by atoms with Crippen molar-refractivity contribution < 1.29 is 4.79 Å². The summed E-state index contributed by atoms with van der Waals surface area (Å²) in [7, 11) is 0. The molecule has 0 spiro atoms. The number of nitrogens with one attached hydrogen (secondary N) is 1. The quantitative estimate of drug-likeness (QED) is 0.766. The monoisotopic (exact) mass is 309 g/mol. The zero-order valence-electron chi connectivity index (χ0n) is 12.3. The fourth-order valence-electron chi connectivity index (χ4n) is 2.13. The molecule has 7 heteroatoms. The number of hydrogen-bond acceptors (Lipinski definition) is 4. The van der Waals surface area contributed by atoms with Gasteiger partial charge in [0.2, 0.25) is 5.91 Å². The minimum absolute atomic E-state index is 0.0990. The van der Waals surface area contributed by atoms with Gasteiger partial charge in [0.1, 0.15) is 6.54 Å². The Labute approximate surface area is 132 Å². The van der Waals surface area contributed by atoms with E-state index in [1.165, 1.54) is 17.0 Å². The predicted octanol–water partition coefficient (Wildman–Crippen LogP) is 1.13. The first-order chi connectivity index (χ1) is 11.2. The van der Waals surface area contributed by atoms with E-state index >= 15 is 0 Å². The summed E-state index contributed by atoms with van der Waals surface area (Å²) in [6.07, 6.45) is 4.70. The van der Waals surface area contributed by atoms with Crippen LogP contribution in [-0.4, -0.2) is 25.2 Å². The van der Waals surface area contributed by atoms with E-state index in [2.05, 4.69) is 15.4 Å². The molecule has 3 aromatic rings. The normalized spacial score (nSPS) is 10.4. The van der Waals surface area contributed by atoms with Crippen molar-refractivity contribution in [1.29, 1.82) is 0 Å². The summed E-state index contributed by atoms with van der Waals surface area (Å²) in [6, 6.07) is 13.2. The lowest BCUT2D eigenvalue weighted by Gasteiger charge is -2.04. The Hall–Kier alpha value is -3.22. The van der Waals surface area contributed by atoms with Crippen molar-refractivity contribution >= 4 is 11.7 Å². The Morgan fingerprint density at radius 2 is 1.91 bits per heavy atom. The van der Waals surface area contributed by atoms with E-state index in [1.54, 1.807) is 23.0 Å². The lowest BCUT2D eigenvalue weighted by molar-refractivity contribution is -0.116. The molecule has 23 heavy (non-hydrogen) atoms. The first-order valence-corrected chi connectivity index (χ1v) is 7.09. The first-order valence-electron chi connectivity index (χ1n) is 7.09. The average molecular weight is 309 g/mol. The molecular weight excluding hydrogens is 294 g/mol. The third-order valence-electron chi connectivity index (χ3n) is 3.19. The molecule has 7 nitrogen and oxygen atoms in total. The Bertz CT molecular complexity index is 854. The molecule has 0 saturated carbocycles. The van der Waals surface area contributed by atoms with Crippen LogP contribution in [0.2, 0.25) is 0 Å². The number of rotatable bonds is 5. The van der Waals surface area contributed by atoms with E-state index in [0.717, 1.165) is 5.56 Å². The van der Waals surface area contributed by atoms with E-state index in [0.29, 0.717) is 12.4 Å². The number of benzene rings is 1. The summed E-state index contributed by atoms with van der Waals surface area (Å²) < 4.78 is 2.97. The Morgan fingerprint density at radius 1 is 1.09 bits per heavy atom. The van der Waals surface area contributed by atoms with Crippen molar-refractivity contribution in [3.63, 3.8) is 0 Å². The zero-order chi connectivity index (χ0) is 16.1. The third-order valence-corrected chi connectivity index (χ3v) is 3.19. The highest BCUT2D eigenvalue weighted by Crippen LogP contribution is 2.06. The Balaban J connectivity index is 1.61. The minimum atomic E-state index is -0.461. The number of carbonyl (C=O) groups is 1. The largest absolute Gasteiger partial charge is 0.347 e. The molecule has 0 atom stereocenters. The fourth-order valence-corrected chi connectivity index (χ4v) is 2.13. The maximum absolute atomic E-state index is 12.0. The third kappa shape index (κ3) is 3.91. The second kappa shape index (κ2) is 6.69. The smallest absolute Gasteiger partial charge is 0.308 e. The van der Waals surface area contributed by atoms with Crippen LogP contribution in [0.3, 0.4) is 0 Å². The lowest BCUT2D eigenvalue weighted by atomic mass is 10.2. The van der Waals surface area contributed by atoms with E-state index in [1.807, 2.05) is 30.3 Å². The van der Waals surface area contributed by atoms with Crippen molar-refractivity contribution in [2.45, 2.75) is 13.1 Å². The van der Waals surface area contributed by atoms with Crippen molar-refractivity contribution in [3.8, 4) is 0 Å². The standard InChI is InChI=1S/C16H15N5O2/c22-15(12-20-9-4-8-17-16(20)23)18-14-7-10-21(19-14)11-13-5-2-1-3-6-13/h1-10H,11-12H2,(H,18,19,22). The molecular formula is C16H15N5O2. The van der Waals surface area contributed by atoms with Gasteiger partial charge in [-0.15, -0.1) is 0 Å². The van der Waals surface area contributed by atoms with Gasteiger partial charge in [-0.1, -0.05) is 30.3 Å². The summed E-state index contributed by atoms with van der Waals surface area (Å²) in [4.78, 5) is 27.0. The SMILES string of the molecule is O=C(Cn1cccnc1=O)Nc1ccn(Cc2ccccc2)n1. The summed E-state index contributed by atoms with van der Waals surface area (Å²) in [5, 5.41) is 6.96. The molecule has 0 bridgehead atoms. The molecule has 0 unspecified atom stereocenters. The minimum Gasteiger partial charge on any atom is -0.308 e. The molecule has 1 N–H and O–H groups in total. The van der Waals surface area contributed by atoms with Crippen molar-refractivity contribution in [1.82, 2.24) is 19.3 Å². The summed E-state index contributed by atoms with van der Waals surface area (Å²) in [6.45, 7) is 0.525. The molecule has 0 fully saturated rings. The van der Waals surface area contributed by atoms with Crippen molar-refractivity contribution in [2.75, 3.05) is 5.32 Å². The van der Waals surface area contributed by atoms with Gasteiger partial charge >= 0.3 is 5.69 Å². The molecule has 0 aliphatic rings. The van der Waals surface area contributed by atoms with Crippen molar-refractivity contribution in [2.24, 2.45) is 0 Å². The lowest BCUT2D eigenvalue weighted by Crippen LogP contribution is -2.28. The number of nitrogens with zero attached hydrogens (tertiary/aromatic N) is 4. The van der Waals surface area contributed by atoms with E-state index in [9.17, 15) is 9.59 Å². The molecule has 2 aromatic heterocycles. The summed E-state index contributed by atoms with van der Waals surface area (Å²) >= 11 is 0. The second-order valence-corrected chi connectivity index (χ2v) is 4.96. The highest BCUT2D eigenvalue weighted by Gasteiger charge is 2.07. The molecule has 0 radical (unpaired) electrons. The number of amides is 1. The number of anilines is 1. The highest BCUT2D eigenvalue weighted by atomic mass is 16.2. The second-order valence-electron chi connectivity index (χ2n) is 4.96. The maximum atomic E-state index is 12.0. The van der Waals surface area contributed by atoms with Crippen molar-refractivity contribution in [3.05, 3.63) is 77.1 Å². The average Bonchev–Trinajstić information content (AvgIpc) is 2.97. The van der Waals surface area contributed by atoms with Gasteiger partial charge in [0, 0.05) is 24.7 Å². The topological polar surface area (TPSA) is 81.8 Å². The van der Waals surface area contributed by atoms with Gasteiger partial charge in [-0.2, -0.15) is 5.10 Å². The molecule has 1 amide bonds. The van der Waals surface area contributed by atoms with Gasteiger partial charge in [-0.25, -0.2) is 9.78 Å². The van der Waals surface area contributed by atoms with Gasteiger partial charge in [0.25, 0.3) is 0 Å². The molecule has 2 heterocycles. The van der Waals surface area contributed by atoms with Crippen LogP contribution >= 0.6 is 0 Å². The van der Waals surface area contributed by atoms with Crippen LogP contribution in [0.4, 0.5) is 5.82 Å². The zero-order valence-corrected chi connectivity index (χ0v) is 12.3. The highest BCUT2D eigenvalue weighted by molar-refractivity contribution is 5.89. The predicted molar refractivity (Wildman–Crippen MR) is 84.9 cm³/mol. The van der Waals surface area contributed by atoms with E-state index in [4.69, 9.17) is 0 Å². The fraction of sp³-hybridized carbons (Fsp3) is 0.125. The summed E-state index contributed by atoms with van der Waals surface area (Å²) in [5.41, 5.74) is 0.660. The Morgan fingerprint density at radius 3 is 2.70 bits per heavy atom. The van der Waals surface area contributed by atoms with Gasteiger partial charge in [0.15, 0.2) is 5.82 Å². The summed E-state index contributed by atoms with van der Waals surface area (Å²) in [5.74, 6) is 0.118. The molecule has 0 saturated heterocycles. The van der Waals surface area contributed by atoms with Crippen LogP contribution in [0, 0.1) is 0 Å². The van der Waals surface area contributed by atoms with Crippen LogP contribution in [0.1, 0.15) is 5.56 Å². The van der Waals surface area contributed by atoms with Gasteiger partial charge in [0.05, 0.1) is 6.54 Å². The molecule has 116 valence electrons. The van der Waals surface area contributed by atoms with Gasteiger partial charge in [-0.05, 0) is 11.6 Å². The first kappa shape index (κ1) is 14.7. The molecule has 0 aliphatic carbocycles. The van der Waals surface area contributed by atoms with E-state index in [-0.39, 0.29) is 12.5 Å². The van der Waals surface area contributed by atoms with Gasteiger partial charge < -0.3 is 5.32 Å². The molecule has 0 aliphatic heterocycles. The Kier molecular flexibility index (Phi) is 4.28. The van der Waals surface area contributed by atoms with Crippen LogP contribution in [0.25, 0.3) is 0 Å². The van der Waals surface area contributed by atoms with Crippen LogP contribution in [0.5, 0.6) is 0 Å². The maximum Gasteiger partial charge on any atom is 0.347 e. The number of hydrogen-bond donors (Lipinski definition) is 1. The molecule has 3 rings (SSSR count). The van der Waals surface area contributed by atoms with Crippen LogP contribution in [0.15, 0.2) is 65.8 Å². The van der Waals surface area contributed by atoms with E-state index < -0.39 is 5.69 Å².